The first kappa shape index (κ1) is 16.1. The second kappa shape index (κ2) is 7.12. The molecule has 2 rings (SSSR count). The SMILES string of the molecule is Cc1ccc(C)c(OCCC(C(=O)O)c2ccccc2C)c1. The van der Waals surface area contributed by atoms with Crippen LogP contribution in [0.3, 0.4) is 0 Å². The molecule has 1 atom stereocenters. The molecule has 3 heteroatoms. The summed E-state index contributed by atoms with van der Waals surface area (Å²) >= 11 is 0. The van der Waals surface area contributed by atoms with Crippen LogP contribution in [-0.2, 0) is 4.79 Å². The number of rotatable bonds is 6. The summed E-state index contributed by atoms with van der Waals surface area (Å²) in [6.45, 7) is 6.33. The summed E-state index contributed by atoms with van der Waals surface area (Å²) in [6, 6.07) is 13.7. The van der Waals surface area contributed by atoms with E-state index in [1.165, 1.54) is 0 Å². The number of benzene rings is 2. The van der Waals surface area contributed by atoms with Crippen LogP contribution in [0.25, 0.3) is 0 Å². The number of aryl methyl sites for hydroxylation is 3. The number of carboxylic acids is 1. The highest BCUT2D eigenvalue weighted by atomic mass is 16.5. The molecule has 2 aromatic rings. The molecule has 0 aliphatic heterocycles. The second-order valence-electron chi connectivity index (χ2n) is 5.65. The first-order valence-corrected chi connectivity index (χ1v) is 7.47. The molecule has 0 amide bonds. The van der Waals surface area contributed by atoms with Gasteiger partial charge in [0.1, 0.15) is 5.75 Å². The van der Waals surface area contributed by atoms with Crippen LogP contribution >= 0.6 is 0 Å². The number of carboxylic acid groups (broad SMARTS) is 1. The number of aliphatic carboxylic acids is 1. The van der Waals surface area contributed by atoms with Crippen LogP contribution in [0.4, 0.5) is 0 Å². The fraction of sp³-hybridized carbons (Fsp3) is 0.316. The Labute approximate surface area is 131 Å². The molecule has 22 heavy (non-hydrogen) atoms. The lowest BCUT2D eigenvalue weighted by molar-refractivity contribution is -0.139. The summed E-state index contributed by atoms with van der Waals surface area (Å²) < 4.78 is 5.80. The van der Waals surface area contributed by atoms with Gasteiger partial charge >= 0.3 is 5.97 Å². The molecule has 1 unspecified atom stereocenters. The molecular formula is C19H22O3. The Morgan fingerprint density at radius 2 is 1.82 bits per heavy atom. The summed E-state index contributed by atoms with van der Waals surface area (Å²) in [4.78, 5) is 11.6. The van der Waals surface area contributed by atoms with Crippen molar-refractivity contribution in [3.05, 3.63) is 64.7 Å². The normalized spacial score (nSPS) is 12.0. The quantitative estimate of drug-likeness (QED) is 0.867. The lowest BCUT2D eigenvalue weighted by Gasteiger charge is -2.16. The molecule has 0 saturated carbocycles. The first-order chi connectivity index (χ1) is 10.5. The smallest absolute Gasteiger partial charge is 0.311 e. The predicted molar refractivity (Wildman–Crippen MR) is 87.6 cm³/mol. The van der Waals surface area contributed by atoms with E-state index in [0.29, 0.717) is 13.0 Å². The van der Waals surface area contributed by atoms with Crippen molar-refractivity contribution in [3.63, 3.8) is 0 Å². The summed E-state index contributed by atoms with van der Waals surface area (Å²) in [5, 5.41) is 9.49. The van der Waals surface area contributed by atoms with Gasteiger partial charge in [-0.1, -0.05) is 36.4 Å². The molecule has 1 N–H and O–H groups in total. The van der Waals surface area contributed by atoms with Crippen LogP contribution < -0.4 is 4.74 Å². The van der Waals surface area contributed by atoms with E-state index in [0.717, 1.165) is 28.0 Å². The maximum absolute atomic E-state index is 11.6. The van der Waals surface area contributed by atoms with Crippen molar-refractivity contribution < 1.29 is 14.6 Å². The number of hydrogen-bond donors (Lipinski definition) is 1. The van der Waals surface area contributed by atoms with E-state index in [4.69, 9.17) is 4.74 Å². The molecule has 0 saturated heterocycles. The standard InChI is InChI=1S/C19H22O3/c1-13-8-9-15(3)18(12-13)22-11-10-17(19(20)21)16-7-5-4-6-14(16)2/h4-9,12,17H,10-11H2,1-3H3,(H,20,21). The van der Waals surface area contributed by atoms with E-state index in [2.05, 4.69) is 0 Å². The van der Waals surface area contributed by atoms with Crippen molar-refractivity contribution in [1.82, 2.24) is 0 Å². The molecule has 2 aromatic carbocycles. The molecule has 3 nitrogen and oxygen atoms in total. The monoisotopic (exact) mass is 298 g/mol. The number of carbonyl (C=O) groups is 1. The van der Waals surface area contributed by atoms with Gasteiger partial charge in [-0.05, 0) is 55.5 Å². The Balaban J connectivity index is 2.06. The Bertz CT molecular complexity index is 661. The summed E-state index contributed by atoms with van der Waals surface area (Å²) in [5.74, 6) is -0.515. The predicted octanol–water partition coefficient (Wildman–Crippen LogP) is 4.25. The van der Waals surface area contributed by atoms with Gasteiger partial charge in [0.25, 0.3) is 0 Å². The van der Waals surface area contributed by atoms with Gasteiger partial charge in [0.05, 0.1) is 12.5 Å². The van der Waals surface area contributed by atoms with E-state index in [9.17, 15) is 9.90 Å². The fourth-order valence-electron chi connectivity index (χ4n) is 2.54. The van der Waals surface area contributed by atoms with Crippen LogP contribution in [0.5, 0.6) is 5.75 Å². The summed E-state index contributed by atoms with van der Waals surface area (Å²) in [6.07, 6.45) is 0.452. The molecular weight excluding hydrogens is 276 g/mol. The lowest BCUT2D eigenvalue weighted by atomic mass is 9.92. The zero-order chi connectivity index (χ0) is 16.1. The molecule has 116 valence electrons. The van der Waals surface area contributed by atoms with Crippen molar-refractivity contribution in [1.29, 1.82) is 0 Å². The molecule has 0 aliphatic rings. The van der Waals surface area contributed by atoms with Gasteiger partial charge in [-0.3, -0.25) is 4.79 Å². The largest absolute Gasteiger partial charge is 0.493 e. The minimum Gasteiger partial charge on any atom is -0.493 e. The third kappa shape index (κ3) is 3.88. The van der Waals surface area contributed by atoms with Gasteiger partial charge in [-0.15, -0.1) is 0 Å². The Kier molecular flexibility index (Phi) is 5.21. The van der Waals surface area contributed by atoms with E-state index in [1.54, 1.807) is 0 Å². The minimum atomic E-state index is -0.807. The van der Waals surface area contributed by atoms with Crippen LogP contribution in [0.2, 0.25) is 0 Å². The van der Waals surface area contributed by atoms with E-state index < -0.39 is 11.9 Å². The minimum absolute atomic E-state index is 0.385. The van der Waals surface area contributed by atoms with Crippen molar-refractivity contribution in [2.45, 2.75) is 33.1 Å². The van der Waals surface area contributed by atoms with E-state index in [1.807, 2.05) is 63.2 Å². The van der Waals surface area contributed by atoms with Gasteiger partial charge in [-0.2, -0.15) is 0 Å². The van der Waals surface area contributed by atoms with Crippen molar-refractivity contribution >= 4 is 5.97 Å². The third-order valence-corrected chi connectivity index (χ3v) is 3.87. The fourth-order valence-corrected chi connectivity index (χ4v) is 2.54. The lowest BCUT2D eigenvalue weighted by Crippen LogP contribution is -2.16. The van der Waals surface area contributed by atoms with Gasteiger partial charge in [0.2, 0.25) is 0 Å². The van der Waals surface area contributed by atoms with Gasteiger partial charge in [0, 0.05) is 0 Å². The van der Waals surface area contributed by atoms with Crippen LogP contribution in [0, 0.1) is 20.8 Å². The van der Waals surface area contributed by atoms with Gasteiger partial charge in [0.15, 0.2) is 0 Å². The Hall–Kier alpha value is -2.29. The van der Waals surface area contributed by atoms with E-state index in [-0.39, 0.29) is 0 Å². The highest BCUT2D eigenvalue weighted by molar-refractivity contribution is 5.76. The number of hydrogen-bond acceptors (Lipinski definition) is 2. The zero-order valence-electron chi connectivity index (χ0n) is 13.3. The molecule has 0 fully saturated rings. The van der Waals surface area contributed by atoms with Crippen molar-refractivity contribution in [2.75, 3.05) is 6.61 Å². The molecule has 0 aromatic heterocycles. The maximum atomic E-state index is 11.6. The first-order valence-electron chi connectivity index (χ1n) is 7.47. The molecule has 0 aliphatic carbocycles. The highest BCUT2D eigenvalue weighted by Gasteiger charge is 2.21. The summed E-state index contributed by atoms with van der Waals surface area (Å²) in [5.41, 5.74) is 4.06. The molecule has 0 radical (unpaired) electrons. The number of ether oxygens (including phenoxy) is 1. The molecule has 0 spiro atoms. The van der Waals surface area contributed by atoms with Gasteiger partial charge < -0.3 is 9.84 Å². The second-order valence-corrected chi connectivity index (χ2v) is 5.65. The van der Waals surface area contributed by atoms with E-state index >= 15 is 0 Å². The Morgan fingerprint density at radius 3 is 2.50 bits per heavy atom. The van der Waals surface area contributed by atoms with Gasteiger partial charge in [-0.25, -0.2) is 0 Å². The van der Waals surface area contributed by atoms with Crippen LogP contribution in [0.1, 0.15) is 34.6 Å². The third-order valence-electron chi connectivity index (χ3n) is 3.87. The van der Waals surface area contributed by atoms with Crippen molar-refractivity contribution in [3.8, 4) is 5.75 Å². The van der Waals surface area contributed by atoms with Crippen LogP contribution in [-0.4, -0.2) is 17.7 Å². The average Bonchev–Trinajstić information content (AvgIpc) is 2.48. The Morgan fingerprint density at radius 1 is 1.09 bits per heavy atom. The molecule has 0 bridgehead atoms. The zero-order valence-corrected chi connectivity index (χ0v) is 13.3. The van der Waals surface area contributed by atoms with Crippen molar-refractivity contribution in [2.24, 2.45) is 0 Å². The molecule has 0 heterocycles. The summed E-state index contributed by atoms with van der Waals surface area (Å²) in [7, 11) is 0. The van der Waals surface area contributed by atoms with Crippen LogP contribution in [0.15, 0.2) is 42.5 Å². The maximum Gasteiger partial charge on any atom is 0.311 e. The average molecular weight is 298 g/mol. The topological polar surface area (TPSA) is 46.5 Å². The highest BCUT2D eigenvalue weighted by Crippen LogP contribution is 2.25.